The van der Waals surface area contributed by atoms with Gasteiger partial charge < -0.3 is 20.1 Å². The Labute approximate surface area is 142 Å². The van der Waals surface area contributed by atoms with Crippen LogP contribution in [0, 0.1) is 11.8 Å². The molecule has 0 aromatic rings. The zero-order chi connectivity index (χ0) is 16.5. The van der Waals surface area contributed by atoms with Crippen molar-refractivity contribution in [3.8, 4) is 11.8 Å². The highest BCUT2D eigenvalue weighted by Crippen LogP contribution is 2.26. The van der Waals surface area contributed by atoms with Crippen LogP contribution < -0.4 is 10.6 Å². The minimum Gasteiger partial charge on any atom is -0.369 e. The largest absolute Gasteiger partial charge is 0.369 e. The standard InChI is InChI=1S/C15H28N2O3S2/c1-4-6-7-8-17-15(18)13-19-10-11-20-14(3)22-21-12-9-16-5-2/h14,16H,4-5,8-13H2,1-3H3,(H,17,18). The van der Waals surface area contributed by atoms with Crippen molar-refractivity contribution in [1.29, 1.82) is 0 Å². The van der Waals surface area contributed by atoms with E-state index in [4.69, 9.17) is 9.47 Å². The average molecular weight is 349 g/mol. The highest BCUT2D eigenvalue weighted by molar-refractivity contribution is 8.76. The Morgan fingerprint density at radius 1 is 1.27 bits per heavy atom. The third-order valence-electron chi connectivity index (χ3n) is 2.30. The van der Waals surface area contributed by atoms with Gasteiger partial charge in [-0.2, -0.15) is 0 Å². The third kappa shape index (κ3) is 16.0. The number of hydrogen-bond donors (Lipinski definition) is 2. The van der Waals surface area contributed by atoms with Crippen molar-refractivity contribution >= 4 is 27.5 Å². The van der Waals surface area contributed by atoms with Crippen molar-refractivity contribution in [1.82, 2.24) is 10.6 Å². The molecule has 2 N–H and O–H groups in total. The van der Waals surface area contributed by atoms with Gasteiger partial charge in [-0.05, 0) is 13.5 Å². The Morgan fingerprint density at radius 3 is 2.82 bits per heavy atom. The van der Waals surface area contributed by atoms with E-state index >= 15 is 0 Å². The molecular weight excluding hydrogens is 320 g/mol. The van der Waals surface area contributed by atoms with Gasteiger partial charge >= 0.3 is 0 Å². The van der Waals surface area contributed by atoms with Crippen molar-refractivity contribution in [3.63, 3.8) is 0 Å². The van der Waals surface area contributed by atoms with E-state index in [9.17, 15) is 4.79 Å². The first-order valence-electron chi connectivity index (χ1n) is 7.61. The second kappa shape index (κ2) is 17.0. The summed E-state index contributed by atoms with van der Waals surface area (Å²) in [7, 11) is 3.51. The van der Waals surface area contributed by atoms with Gasteiger partial charge in [-0.1, -0.05) is 41.4 Å². The monoisotopic (exact) mass is 348 g/mol. The van der Waals surface area contributed by atoms with Crippen molar-refractivity contribution in [2.45, 2.75) is 32.6 Å². The summed E-state index contributed by atoms with van der Waals surface area (Å²) >= 11 is 0. The summed E-state index contributed by atoms with van der Waals surface area (Å²) in [5.74, 6) is 6.64. The minimum atomic E-state index is -0.146. The summed E-state index contributed by atoms with van der Waals surface area (Å²) in [4.78, 5) is 11.4. The van der Waals surface area contributed by atoms with Crippen LogP contribution in [0.5, 0.6) is 0 Å². The molecule has 0 bridgehead atoms. The van der Waals surface area contributed by atoms with E-state index in [1.807, 2.05) is 13.8 Å². The van der Waals surface area contributed by atoms with Gasteiger partial charge in [0.05, 0.1) is 19.8 Å². The fourth-order valence-corrected chi connectivity index (χ4v) is 3.23. The van der Waals surface area contributed by atoms with Crippen LogP contribution in [0.25, 0.3) is 0 Å². The molecule has 0 aromatic carbocycles. The number of nitrogens with one attached hydrogen (secondary N) is 2. The van der Waals surface area contributed by atoms with Gasteiger partial charge in [0.1, 0.15) is 12.0 Å². The Kier molecular flexibility index (Phi) is 16.7. The third-order valence-corrected chi connectivity index (χ3v) is 4.94. The molecule has 7 heteroatoms. The van der Waals surface area contributed by atoms with Crippen LogP contribution in [0.2, 0.25) is 0 Å². The lowest BCUT2D eigenvalue weighted by molar-refractivity contribution is -0.126. The summed E-state index contributed by atoms with van der Waals surface area (Å²) < 4.78 is 10.8. The number of ether oxygens (including phenoxy) is 2. The zero-order valence-corrected chi connectivity index (χ0v) is 15.4. The molecule has 22 heavy (non-hydrogen) atoms. The van der Waals surface area contributed by atoms with Gasteiger partial charge in [-0.15, -0.1) is 5.92 Å². The Morgan fingerprint density at radius 2 is 2.09 bits per heavy atom. The zero-order valence-electron chi connectivity index (χ0n) is 13.8. The summed E-state index contributed by atoms with van der Waals surface area (Å²) in [5.41, 5.74) is 0.119. The van der Waals surface area contributed by atoms with E-state index in [1.54, 1.807) is 21.6 Å². The van der Waals surface area contributed by atoms with Crippen LogP contribution in [-0.2, 0) is 14.3 Å². The molecule has 0 fully saturated rings. The lowest BCUT2D eigenvalue weighted by Crippen LogP contribution is -2.28. The molecule has 0 rings (SSSR count). The van der Waals surface area contributed by atoms with E-state index in [0.29, 0.717) is 19.8 Å². The predicted molar refractivity (Wildman–Crippen MR) is 95.9 cm³/mol. The van der Waals surface area contributed by atoms with E-state index in [-0.39, 0.29) is 18.0 Å². The van der Waals surface area contributed by atoms with Crippen molar-refractivity contribution in [3.05, 3.63) is 0 Å². The molecule has 0 spiro atoms. The van der Waals surface area contributed by atoms with Gasteiger partial charge in [0.15, 0.2) is 0 Å². The Hall–Kier alpha value is -0.390. The first kappa shape index (κ1) is 21.6. The second-order valence-corrected chi connectivity index (χ2v) is 7.03. The van der Waals surface area contributed by atoms with E-state index < -0.39 is 0 Å². The number of carbonyl (C=O) groups excluding carboxylic acids is 1. The first-order chi connectivity index (χ1) is 10.7. The fourth-order valence-electron chi connectivity index (χ4n) is 1.28. The quantitative estimate of drug-likeness (QED) is 0.229. The van der Waals surface area contributed by atoms with Gasteiger partial charge in [-0.3, -0.25) is 4.79 Å². The maximum Gasteiger partial charge on any atom is 0.246 e. The molecule has 0 saturated heterocycles. The molecule has 0 radical (unpaired) electrons. The number of rotatable bonds is 13. The van der Waals surface area contributed by atoms with Crippen molar-refractivity contribution < 1.29 is 14.3 Å². The Balaban J connectivity index is 3.35. The van der Waals surface area contributed by atoms with E-state index in [2.05, 4.69) is 29.4 Å². The van der Waals surface area contributed by atoms with Crippen LogP contribution in [-0.4, -0.2) is 56.6 Å². The molecule has 128 valence electrons. The van der Waals surface area contributed by atoms with E-state index in [0.717, 1.165) is 25.3 Å². The predicted octanol–water partition coefficient (Wildman–Crippen LogP) is 1.89. The maximum atomic E-state index is 11.4. The van der Waals surface area contributed by atoms with Gasteiger partial charge in [0.25, 0.3) is 0 Å². The fraction of sp³-hybridized carbons (Fsp3) is 0.800. The molecule has 0 saturated carbocycles. The summed E-state index contributed by atoms with van der Waals surface area (Å²) in [5, 5.41) is 5.94. The summed E-state index contributed by atoms with van der Waals surface area (Å²) in [6, 6.07) is 0. The molecule has 0 aromatic heterocycles. The van der Waals surface area contributed by atoms with E-state index in [1.165, 1.54) is 0 Å². The molecule has 1 amide bonds. The van der Waals surface area contributed by atoms with Crippen LogP contribution in [0.15, 0.2) is 0 Å². The molecular formula is C15H28N2O3S2. The van der Waals surface area contributed by atoms with Crippen LogP contribution in [0.1, 0.15) is 27.2 Å². The summed E-state index contributed by atoms with van der Waals surface area (Å²) in [6.45, 7) is 9.45. The SMILES string of the molecule is CCC#CCNC(=O)COCCOC(C)SSCCNCC. The molecule has 0 aliphatic carbocycles. The van der Waals surface area contributed by atoms with Gasteiger partial charge in [0, 0.05) is 18.7 Å². The van der Waals surface area contributed by atoms with Crippen molar-refractivity contribution in [2.24, 2.45) is 0 Å². The Bertz CT molecular complexity index is 332. The maximum absolute atomic E-state index is 11.4. The number of hydrogen-bond acceptors (Lipinski definition) is 6. The lowest BCUT2D eigenvalue weighted by Gasteiger charge is -2.12. The average Bonchev–Trinajstić information content (AvgIpc) is 2.51. The molecule has 1 unspecified atom stereocenters. The minimum absolute atomic E-state index is 0.0517. The second-order valence-electron chi connectivity index (χ2n) is 4.25. The van der Waals surface area contributed by atoms with Gasteiger partial charge in [0.2, 0.25) is 5.91 Å². The smallest absolute Gasteiger partial charge is 0.246 e. The molecule has 5 nitrogen and oxygen atoms in total. The number of carbonyl (C=O) groups is 1. The van der Waals surface area contributed by atoms with Crippen molar-refractivity contribution in [2.75, 3.05) is 45.2 Å². The topological polar surface area (TPSA) is 59.6 Å². The highest BCUT2D eigenvalue weighted by Gasteiger charge is 2.04. The lowest BCUT2D eigenvalue weighted by atomic mass is 10.4. The number of amides is 1. The molecule has 0 heterocycles. The van der Waals surface area contributed by atoms with Crippen LogP contribution in [0.3, 0.4) is 0 Å². The molecule has 1 atom stereocenters. The first-order valence-corrected chi connectivity index (χ1v) is 9.99. The molecule has 0 aliphatic rings. The molecule has 0 aliphatic heterocycles. The highest BCUT2D eigenvalue weighted by atomic mass is 33.1. The van der Waals surface area contributed by atoms with Crippen LogP contribution >= 0.6 is 21.6 Å². The summed E-state index contributed by atoms with van der Waals surface area (Å²) in [6.07, 6.45) is 0.799. The normalized spacial score (nSPS) is 11.6. The van der Waals surface area contributed by atoms with Crippen LogP contribution in [0.4, 0.5) is 0 Å². The van der Waals surface area contributed by atoms with Gasteiger partial charge in [-0.25, -0.2) is 0 Å².